The Balaban J connectivity index is -0.000000650. The second kappa shape index (κ2) is 21.2. The highest BCUT2D eigenvalue weighted by Gasteiger charge is 2.22. The molecule has 2 rings (SSSR count). The predicted octanol–water partition coefficient (Wildman–Crippen LogP) is 8.79. The van der Waals surface area contributed by atoms with Crippen LogP contribution in [0, 0.1) is 6.92 Å². The zero-order valence-corrected chi connectivity index (χ0v) is 24.1. The maximum Gasteiger partial charge on any atom is 0.251 e. The molecule has 1 aromatic carbocycles. The molecule has 1 N–H and O–H groups in total. The van der Waals surface area contributed by atoms with E-state index in [2.05, 4.69) is 62.5 Å². The number of hydrogen-bond acceptors (Lipinski definition) is 2. The van der Waals surface area contributed by atoms with Crippen LogP contribution in [0.3, 0.4) is 0 Å². The van der Waals surface area contributed by atoms with Crippen molar-refractivity contribution in [2.24, 2.45) is 0 Å². The number of aromatic amines is 1. The minimum Gasteiger partial charge on any atom is -0.325 e. The summed E-state index contributed by atoms with van der Waals surface area (Å²) in [6, 6.07) is 10.1. The van der Waals surface area contributed by atoms with Crippen molar-refractivity contribution in [1.29, 1.82) is 0 Å². The van der Waals surface area contributed by atoms with Crippen molar-refractivity contribution in [3.05, 3.63) is 67.5 Å². The van der Waals surface area contributed by atoms with Gasteiger partial charge in [-0.25, -0.2) is 0 Å². The van der Waals surface area contributed by atoms with Gasteiger partial charge >= 0.3 is 0 Å². The number of pyridine rings is 1. The molecule has 0 saturated carbocycles. The van der Waals surface area contributed by atoms with E-state index >= 15 is 0 Å². The Morgan fingerprint density at radius 1 is 0.969 bits per heavy atom. The molecule has 4 heteroatoms. The molecule has 0 unspecified atom stereocenters. The van der Waals surface area contributed by atoms with Crippen molar-refractivity contribution >= 4 is 22.2 Å². The number of halogens is 1. The van der Waals surface area contributed by atoms with Crippen LogP contribution in [0.25, 0.3) is 0 Å². The lowest BCUT2D eigenvalue weighted by Gasteiger charge is -2.25. The summed E-state index contributed by atoms with van der Waals surface area (Å²) in [7, 11) is 0. The normalized spacial score (nSPS) is 9.38. The molecule has 2 aromatic rings. The standard InChI is InChI=1S/C18H22BrNO.C3H6O.C3H8.2C2H6/c1-5-18(3,4)16-12(2)10-14(17(21)20-16)11-13-6-8-15(19)9-7-13;1-2-3-4;1-3-2;2*1-2/h6-10H,5,11H2,1-4H3,(H,20,21);3H,2H2,1H3;3H2,1-2H3;2*1-2H3. The van der Waals surface area contributed by atoms with Gasteiger partial charge in [0.2, 0.25) is 0 Å². The fourth-order valence-corrected chi connectivity index (χ4v) is 2.79. The average molecular weight is 511 g/mol. The minimum atomic E-state index is -0.000611. The van der Waals surface area contributed by atoms with Crippen LogP contribution in [0.1, 0.15) is 111 Å². The zero-order chi connectivity index (χ0) is 25.7. The van der Waals surface area contributed by atoms with E-state index in [0.717, 1.165) is 39.6 Å². The quantitative estimate of drug-likeness (QED) is 0.409. The highest BCUT2D eigenvalue weighted by Crippen LogP contribution is 2.27. The van der Waals surface area contributed by atoms with Crippen LogP contribution in [0.5, 0.6) is 0 Å². The van der Waals surface area contributed by atoms with Gasteiger partial charge in [-0.15, -0.1) is 0 Å². The third kappa shape index (κ3) is 14.4. The minimum absolute atomic E-state index is 0.000611. The Hall–Kier alpha value is -1.68. The molecule has 0 amide bonds. The van der Waals surface area contributed by atoms with Gasteiger partial charge in [-0.1, -0.05) is 104 Å². The van der Waals surface area contributed by atoms with Crippen LogP contribution < -0.4 is 5.56 Å². The van der Waals surface area contributed by atoms with Crippen molar-refractivity contribution in [2.45, 2.75) is 107 Å². The van der Waals surface area contributed by atoms with Crippen LogP contribution in [0.4, 0.5) is 0 Å². The first kappa shape index (κ1) is 34.9. The van der Waals surface area contributed by atoms with Crippen LogP contribution in [-0.2, 0) is 16.6 Å². The van der Waals surface area contributed by atoms with Gasteiger partial charge in [0.1, 0.15) is 6.29 Å². The number of benzene rings is 1. The second-order valence-corrected chi connectivity index (χ2v) is 8.42. The summed E-state index contributed by atoms with van der Waals surface area (Å²) in [5.74, 6) is 0. The Labute approximate surface area is 206 Å². The lowest BCUT2D eigenvalue weighted by Crippen LogP contribution is -2.25. The molecule has 0 atom stereocenters. The molecule has 0 spiro atoms. The molecule has 0 bridgehead atoms. The molecule has 0 radical (unpaired) electrons. The monoisotopic (exact) mass is 509 g/mol. The number of carbonyl (C=O) groups is 1. The van der Waals surface area contributed by atoms with Crippen LogP contribution in [-0.4, -0.2) is 11.3 Å². The Morgan fingerprint density at radius 2 is 1.41 bits per heavy atom. The molecule has 1 heterocycles. The van der Waals surface area contributed by atoms with Gasteiger partial charge in [0, 0.05) is 34.0 Å². The first-order chi connectivity index (χ1) is 15.2. The summed E-state index contributed by atoms with van der Waals surface area (Å²) >= 11 is 3.43. The number of hydrogen-bond donors (Lipinski definition) is 1. The number of rotatable bonds is 5. The summed E-state index contributed by atoms with van der Waals surface area (Å²) in [5.41, 5.74) is 4.21. The molecule has 3 nitrogen and oxygen atoms in total. The van der Waals surface area contributed by atoms with Gasteiger partial charge in [-0.05, 0) is 42.7 Å². The Bertz CT molecular complexity index is 762. The third-order valence-electron chi connectivity index (χ3n) is 4.35. The summed E-state index contributed by atoms with van der Waals surface area (Å²) in [4.78, 5) is 24.6. The highest BCUT2D eigenvalue weighted by molar-refractivity contribution is 9.10. The smallest absolute Gasteiger partial charge is 0.251 e. The van der Waals surface area contributed by atoms with Crippen LogP contribution >= 0.6 is 15.9 Å². The molecule has 184 valence electrons. The SMILES string of the molecule is CC.CC.CCC.CCC(C)(C)c1[nH]c(=O)c(Cc2ccc(Br)cc2)cc1C.CCC=O. The van der Waals surface area contributed by atoms with Gasteiger partial charge in [0.05, 0.1) is 0 Å². The van der Waals surface area contributed by atoms with Gasteiger partial charge < -0.3 is 9.78 Å². The van der Waals surface area contributed by atoms with Crippen molar-refractivity contribution in [1.82, 2.24) is 4.98 Å². The van der Waals surface area contributed by atoms with Gasteiger partial charge in [-0.3, -0.25) is 4.79 Å². The molecular weight excluding hydrogens is 462 g/mol. The van der Waals surface area contributed by atoms with E-state index in [1.165, 1.54) is 6.42 Å². The van der Waals surface area contributed by atoms with E-state index in [1.807, 2.05) is 65.0 Å². The molecule has 0 saturated heterocycles. The fraction of sp³-hybridized carbons (Fsp3) is 0.571. The number of H-pyrrole nitrogens is 1. The maximum atomic E-state index is 12.4. The Kier molecular flexibility index (Phi) is 23.1. The first-order valence-electron chi connectivity index (χ1n) is 12.1. The van der Waals surface area contributed by atoms with Crippen molar-refractivity contribution in [2.75, 3.05) is 0 Å². The number of carbonyl (C=O) groups excluding carboxylic acids is 1. The average Bonchev–Trinajstić information content (AvgIpc) is 2.80. The third-order valence-corrected chi connectivity index (χ3v) is 4.88. The van der Waals surface area contributed by atoms with E-state index in [9.17, 15) is 9.59 Å². The fourth-order valence-electron chi connectivity index (χ4n) is 2.52. The highest BCUT2D eigenvalue weighted by atomic mass is 79.9. The topological polar surface area (TPSA) is 49.9 Å². The summed E-state index contributed by atoms with van der Waals surface area (Å²) in [6.07, 6.45) is 4.42. The van der Waals surface area contributed by atoms with Crippen molar-refractivity contribution in [3.8, 4) is 0 Å². The predicted molar refractivity (Wildman–Crippen MR) is 147 cm³/mol. The second-order valence-electron chi connectivity index (χ2n) is 7.50. The molecular formula is C28H48BrNO2. The molecule has 0 aliphatic rings. The van der Waals surface area contributed by atoms with Crippen molar-refractivity contribution < 1.29 is 4.79 Å². The maximum absolute atomic E-state index is 12.4. The summed E-state index contributed by atoms with van der Waals surface area (Å²) < 4.78 is 1.05. The molecule has 0 aliphatic heterocycles. The van der Waals surface area contributed by atoms with E-state index in [4.69, 9.17) is 0 Å². The molecule has 32 heavy (non-hydrogen) atoms. The van der Waals surface area contributed by atoms with E-state index in [1.54, 1.807) is 0 Å². The Morgan fingerprint density at radius 3 is 1.78 bits per heavy atom. The zero-order valence-electron chi connectivity index (χ0n) is 22.5. The molecule has 0 aliphatic carbocycles. The lowest BCUT2D eigenvalue weighted by molar-refractivity contribution is -0.107. The van der Waals surface area contributed by atoms with E-state index in [-0.39, 0.29) is 11.0 Å². The lowest BCUT2D eigenvalue weighted by atomic mass is 9.83. The van der Waals surface area contributed by atoms with Gasteiger partial charge in [0.15, 0.2) is 0 Å². The summed E-state index contributed by atoms with van der Waals surface area (Å²) in [5, 5.41) is 0. The van der Waals surface area contributed by atoms with Crippen molar-refractivity contribution in [3.63, 3.8) is 0 Å². The van der Waals surface area contributed by atoms with Gasteiger partial charge in [0.25, 0.3) is 5.56 Å². The molecule has 1 aromatic heterocycles. The largest absolute Gasteiger partial charge is 0.325 e. The van der Waals surface area contributed by atoms with Gasteiger partial charge in [-0.2, -0.15) is 0 Å². The molecule has 0 fully saturated rings. The number of aromatic nitrogens is 1. The number of nitrogens with one attached hydrogen (secondary N) is 1. The first-order valence-corrected chi connectivity index (χ1v) is 12.9. The number of aldehydes is 1. The summed E-state index contributed by atoms with van der Waals surface area (Å²) in [6.45, 7) is 22.6. The number of aryl methyl sites for hydroxylation is 1. The van der Waals surface area contributed by atoms with Crippen LogP contribution in [0.15, 0.2) is 39.6 Å². The van der Waals surface area contributed by atoms with E-state index < -0.39 is 0 Å². The van der Waals surface area contributed by atoms with E-state index in [0.29, 0.717) is 12.8 Å². The van der Waals surface area contributed by atoms with Crippen LogP contribution in [0.2, 0.25) is 0 Å².